The molecular weight excluding hydrogens is 379 g/mol. The van der Waals surface area contributed by atoms with Crippen molar-refractivity contribution < 1.29 is 26.0 Å². The lowest BCUT2D eigenvalue weighted by Gasteiger charge is -2.13. The van der Waals surface area contributed by atoms with Crippen molar-refractivity contribution in [3.63, 3.8) is 0 Å². The van der Waals surface area contributed by atoms with Crippen molar-refractivity contribution in [2.75, 3.05) is 0 Å². The third kappa shape index (κ3) is 5.11. The first kappa shape index (κ1) is 19.4. The largest absolute Gasteiger partial charge is 0.461 e. The van der Waals surface area contributed by atoms with Crippen LogP contribution in [0.25, 0.3) is 11.0 Å². The highest BCUT2D eigenvalue weighted by atomic mass is 32.2. The van der Waals surface area contributed by atoms with Crippen LogP contribution in [0.5, 0.6) is 0 Å². The third-order valence-corrected chi connectivity index (χ3v) is 5.48. The van der Waals surface area contributed by atoms with Crippen LogP contribution in [0, 0.1) is 0 Å². The molecule has 1 N–H and O–H groups in total. The van der Waals surface area contributed by atoms with Crippen molar-refractivity contribution in [1.29, 1.82) is 0 Å². The fraction of sp³-hybridized carbons (Fsp3) is 0.263. The van der Waals surface area contributed by atoms with Gasteiger partial charge in [0, 0.05) is 17.8 Å². The monoisotopic (exact) mass is 397 g/mol. The zero-order valence-electron chi connectivity index (χ0n) is 14.5. The summed E-state index contributed by atoms with van der Waals surface area (Å²) in [4.78, 5) is 0. The van der Waals surface area contributed by atoms with Gasteiger partial charge in [0.1, 0.15) is 11.3 Å². The van der Waals surface area contributed by atoms with Crippen molar-refractivity contribution in [3.8, 4) is 0 Å². The van der Waals surface area contributed by atoms with Crippen molar-refractivity contribution in [2.24, 2.45) is 0 Å². The van der Waals surface area contributed by atoms with Crippen LogP contribution in [0.1, 0.15) is 23.8 Å². The first-order chi connectivity index (χ1) is 12.6. The van der Waals surface area contributed by atoms with Gasteiger partial charge in [0.15, 0.2) is 0 Å². The molecule has 1 atom stereocenters. The Morgan fingerprint density at radius 2 is 1.74 bits per heavy atom. The average molecular weight is 397 g/mol. The van der Waals surface area contributed by atoms with Gasteiger partial charge >= 0.3 is 6.18 Å². The maximum atomic E-state index is 12.6. The lowest BCUT2D eigenvalue weighted by Crippen LogP contribution is -2.34. The van der Waals surface area contributed by atoms with Gasteiger partial charge in [-0.15, -0.1) is 0 Å². The van der Waals surface area contributed by atoms with Crippen molar-refractivity contribution in [2.45, 2.75) is 31.3 Å². The smallest absolute Gasteiger partial charge is 0.416 e. The van der Waals surface area contributed by atoms with Crippen LogP contribution in [-0.2, 0) is 28.4 Å². The number of furan rings is 1. The van der Waals surface area contributed by atoms with E-state index in [1.54, 1.807) is 6.92 Å². The summed E-state index contributed by atoms with van der Waals surface area (Å²) in [6, 6.07) is 13.0. The van der Waals surface area contributed by atoms with E-state index in [-0.39, 0.29) is 5.56 Å². The van der Waals surface area contributed by atoms with Crippen LogP contribution in [0.15, 0.2) is 59.0 Å². The molecule has 0 aliphatic heterocycles. The highest BCUT2D eigenvalue weighted by Gasteiger charge is 2.30. The Morgan fingerprint density at radius 3 is 2.37 bits per heavy atom. The molecule has 8 heteroatoms. The van der Waals surface area contributed by atoms with E-state index >= 15 is 0 Å². The van der Waals surface area contributed by atoms with E-state index in [0.29, 0.717) is 12.2 Å². The van der Waals surface area contributed by atoms with Crippen molar-refractivity contribution in [1.82, 2.24) is 4.72 Å². The molecule has 0 fully saturated rings. The number of halogens is 3. The number of para-hydroxylation sites is 1. The van der Waals surface area contributed by atoms with Gasteiger partial charge in [-0.25, -0.2) is 13.1 Å². The second-order valence-corrected chi connectivity index (χ2v) is 8.18. The highest BCUT2D eigenvalue weighted by molar-refractivity contribution is 7.88. The molecule has 4 nitrogen and oxygen atoms in total. The van der Waals surface area contributed by atoms with Crippen LogP contribution >= 0.6 is 0 Å². The van der Waals surface area contributed by atoms with Crippen molar-refractivity contribution in [3.05, 3.63) is 71.5 Å². The van der Waals surface area contributed by atoms with Crippen LogP contribution in [0.3, 0.4) is 0 Å². The summed E-state index contributed by atoms with van der Waals surface area (Å²) >= 11 is 0. The van der Waals surface area contributed by atoms with Gasteiger partial charge in [0.25, 0.3) is 0 Å². The number of fused-ring (bicyclic) bond motifs is 1. The van der Waals surface area contributed by atoms with Gasteiger partial charge < -0.3 is 4.42 Å². The Labute approximate surface area is 155 Å². The Balaban J connectivity index is 1.63. The summed E-state index contributed by atoms with van der Waals surface area (Å²) < 4.78 is 70.5. The topological polar surface area (TPSA) is 59.3 Å². The van der Waals surface area contributed by atoms with E-state index in [0.717, 1.165) is 23.1 Å². The minimum absolute atomic E-state index is 0.284. The molecule has 1 aromatic heterocycles. The second-order valence-electron chi connectivity index (χ2n) is 6.43. The molecule has 0 aliphatic carbocycles. The summed E-state index contributed by atoms with van der Waals surface area (Å²) in [5.41, 5.74) is 0.202. The Morgan fingerprint density at radius 1 is 1.07 bits per heavy atom. The van der Waals surface area contributed by atoms with E-state index in [2.05, 4.69) is 4.72 Å². The van der Waals surface area contributed by atoms with Crippen LogP contribution in [0.4, 0.5) is 13.2 Å². The predicted molar refractivity (Wildman–Crippen MR) is 96.6 cm³/mol. The van der Waals surface area contributed by atoms with Gasteiger partial charge in [-0.1, -0.05) is 30.3 Å². The predicted octanol–water partition coefficient (Wildman–Crippen LogP) is 4.50. The Bertz CT molecular complexity index is 991. The molecule has 0 bridgehead atoms. The fourth-order valence-electron chi connectivity index (χ4n) is 2.84. The van der Waals surface area contributed by atoms with Crippen LogP contribution < -0.4 is 4.72 Å². The summed E-state index contributed by atoms with van der Waals surface area (Å²) in [6.45, 7) is 1.71. The SMILES string of the molecule is C[C@@H](Cc1cc2ccccc2o1)NS(=O)(=O)Cc1ccc(C(F)(F)F)cc1. The van der Waals surface area contributed by atoms with Gasteiger partial charge in [0.2, 0.25) is 10.0 Å². The molecule has 0 unspecified atom stereocenters. The quantitative estimate of drug-likeness (QED) is 0.666. The molecule has 27 heavy (non-hydrogen) atoms. The molecular formula is C19H18F3NO3S. The molecule has 0 saturated heterocycles. The van der Waals surface area contributed by atoms with E-state index in [1.165, 1.54) is 12.1 Å². The lowest BCUT2D eigenvalue weighted by molar-refractivity contribution is -0.137. The van der Waals surface area contributed by atoms with Gasteiger partial charge in [-0.3, -0.25) is 0 Å². The molecule has 2 aromatic carbocycles. The number of benzene rings is 2. The van der Waals surface area contributed by atoms with E-state index in [4.69, 9.17) is 4.42 Å². The van der Waals surface area contributed by atoms with E-state index in [9.17, 15) is 21.6 Å². The molecule has 1 heterocycles. The number of alkyl halides is 3. The lowest BCUT2D eigenvalue weighted by atomic mass is 10.1. The minimum Gasteiger partial charge on any atom is -0.461 e. The first-order valence-corrected chi connectivity index (χ1v) is 9.91. The van der Waals surface area contributed by atoms with Gasteiger partial charge in [-0.05, 0) is 36.8 Å². The standard InChI is InChI=1S/C19H18F3NO3S/c1-13(10-17-11-15-4-2-3-5-18(15)26-17)23-27(24,25)12-14-6-8-16(9-7-14)19(20,21)22/h2-9,11,13,23H,10,12H2,1H3/t13-/m0/s1. The first-order valence-electron chi connectivity index (χ1n) is 8.26. The maximum Gasteiger partial charge on any atom is 0.416 e. The maximum absolute atomic E-state index is 12.6. The fourth-order valence-corrected chi connectivity index (χ4v) is 4.25. The molecule has 0 saturated carbocycles. The second kappa shape index (κ2) is 7.36. The zero-order chi connectivity index (χ0) is 19.7. The number of hydrogen-bond donors (Lipinski definition) is 1. The number of nitrogens with one attached hydrogen (secondary N) is 1. The molecule has 3 rings (SSSR count). The summed E-state index contributed by atoms with van der Waals surface area (Å²) in [7, 11) is -3.71. The van der Waals surface area contributed by atoms with Crippen LogP contribution in [0.2, 0.25) is 0 Å². The molecule has 144 valence electrons. The summed E-state index contributed by atoms with van der Waals surface area (Å²) in [5.74, 6) is 0.260. The number of sulfonamides is 1. The van der Waals surface area contributed by atoms with Crippen LogP contribution in [-0.4, -0.2) is 14.5 Å². The van der Waals surface area contributed by atoms with Crippen molar-refractivity contribution >= 4 is 21.0 Å². The Kier molecular flexibility index (Phi) is 5.30. The molecule has 0 aliphatic rings. The number of hydrogen-bond acceptors (Lipinski definition) is 3. The van der Waals surface area contributed by atoms with Gasteiger partial charge in [0.05, 0.1) is 11.3 Å². The normalized spacial score (nSPS) is 13.8. The molecule has 3 aromatic rings. The van der Waals surface area contributed by atoms with E-state index < -0.39 is 33.6 Å². The number of rotatable bonds is 6. The van der Waals surface area contributed by atoms with E-state index in [1.807, 2.05) is 30.3 Å². The molecule has 0 amide bonds. The van der Waals surface area contributed by atoms with Gasteiger partial charge in [-0.2, -0.15) is 13.2 Å². The zero-order valence-corrected chi connectivity index (χ0v) is 15.3. The molecule has 0 radical (unpaired) electrons. The third-order valence-electron chi connectivity index (χ3n) is 4.00. The minimum atomic E-state index is -4.45. The Hall–Kier alpha value is -2.32. The highest BCUT2D eigenvalue weighted by Crippen LogP contribution is 2.29. The average Bonchev–Trinajstić information content (AvgIpc) is 2.95. The molecule has 0 spiro atoms. The summed E-state index contributed by atoms with van der Waals surface area (Å²) in [5, 5.41) is 0.937. The summed E-state index contributed by atoms with van der Waals surface area (Å²) in [6.07, 6.45) is -4.09.